The number of carbonyl (C=O) groups excluding carboxylic acids is 1. The molecule has 1 N–H and O–H groups in total. The standard InChI is InChI=1S/C18H31N3O2/c1-6-16(23-15-10-8-7-9-11-15)18(22)19-12(2)17-13(3)20-21(5)14(17)4/h12,15-16H,6-11H2,1-5H3,(H,19,22)/t12-,16+/m1/s1. The number of aryl methyl sites for hydroxylation is 2. The molecule has 0 aliphatic heterocycles. The highest BCUT2D eigenvalue weighted by Crippen LogP contribution is 2.24. The Bertz CT molecular complexity index is 533. The summed E-state index contributed by atoms with van der Waals surface area (Å²) in [7, 11) is 1.93. The van der Waals surface area contributed by atoms with Crippen LogP contribution in [0, 0.1) is 13.8 Å². The summed E-state index contributed by atoms with van der Waals surface area (Å²) in [4.78, 5) is 12.6. The number of ether oxygens (including phenoxy) is 1. The van der Waals surface area contributed by atoms with E-state index in [2.05, 4.69) is 10.4 Å². The van der Waals surface area contributed by atoms with E-state index in [1.54, 1.807) is 0 Å². The van der Waals surface area contributed by atoms with Crippen molar-refractivity contribution in [2.24, 2.45) is 7.05 Å². The summed E-state index contributed by atoms with van der Waals surface area (Å²) in [5.41, 5.74) is 3.17. The number of nitrogens with zero attached hydrogens (tertiary/aromatic N) is 2. The quantitative estimate of drug-likeness (QED) is 0.874. The van der Waals surface area contributed by atoms with Crippen molar-refractivity contribution in [3.63, 3.8) is 0 Å². The van der Waals surface area contributed by atoms with E-state index in [0.29, 0.717) is 6.42 Å². The molecule has 0 aromatic carbocycles. The molecule has 1 fully saturated rings. The SMILES string of the molecule is CC[C@H](OC1CCCCC1)C(=O)N[C@H](C)c1c(C)nn(C)c1C. The molecule has 5 nitrogen and oxygen atoms in total. The van der Waals surface area contributed by atoms with Gasteiger partial charge in [0.15, 0.2) is 0 Å². The summed E-state index contributed by atoms with van der Waals surface area (Å²) in [5.74, 6) is -0.00627. The van der Waals surface area contributed by atoms with Crippen LogP contribution in [-0.2, 0) is 16.6 Å². The zero-order chi connectivity index (χ0) is 17.0. The smallest absolute Gasteiger partial charge is 0.249 e. The third kappa shape index (κ3) is 4.34. The fraction of sp³-hybridized carbons (Fsp3) is 0.778. The van der Waals surface area contributed by atoms with Crippen molar-refractivity contribution in [2.45, 2.75) is 84.5 Å². The Morgan fingerprint density at radius 3 is 2.52 bits per heavy atom. The molecule has 1 aromatic rings. The summed E-state index contributed by atoms with van der Waals surface area (Å²) in [6.45, 7) is 8.05. The predicted octanol–water partition coefficient (Wildman–Crippen LogP) is 3.34. The molecule has 23 heavy (non-hydrogen) atoms. The third-order valence-corrected chi connectivity index (χ3v) is 4.93. The molecule has 1 saturated carbocycles. The lowest BCUT2D eigenvalue weighted by molar-refractivity contribution is -0.139. The van der Waals surface area contributed by atoms with Crippen molar-refractivity contribution in [3.05, 3.63) is 17.0 Å². The molecule has 1 aromatic heterocycles. The molecular formula is C18H31N3O2. The second-order valence-electron chi connectivity index (χ2n) is 6.73. The van der Waals surface area contributed by atoms with E-state index < -0.39 is 0 Å². The minimum atomic E-state index is -0.349. The Morgan fingerprint density at radius 2 is 2.00 bits per heavy atom. The molecule has 0 saturated heterocycles. The Labute approximate surface area is 139 Å². The van der Waals surface area contributed by atoms with Gasteiger partial charge in [-0.1, -0.05) is 26.2 Å². The van der Waals surface area contributed by atoms with Crippen molar-refractivity contribution < 1.29 is 9.53 Å². The molecule has 1 aliphatic carbocycles. The number of carbonyl (C=O) groups is 1. The number of nitrogens with one attached hydrogen (secondary N) is 1. The van der Waals surface area contributed by atoms with Crippen molar-refractivity contribution in [2.75, 3.05) is 0 Å². The average molecular weight is 321 g/mol. The molecule has 2 atom stereocenters. The molecule has 1 amide bonds. The first-order chi connectivity index (χ1) is 10.9. The zero-order valence-electron chi connectivity index (χ0n) is 15.2. The van der Waals surface area contributed by atoms with E-state index in [0.717, 1.165) is 29.8 Å². The zero-order valence-corrected chi connectivity index (χ0v) is 15.2. The molecule has 0 spiro atoms. The maximum Gasteiger partial charge on any atom is 0.249 e. The maximum absolute atomic E-state index is 12.6. The Hall–Kier alpha value is -1.36. The minimum absolute atomic E-state index is 0.00627. The Kier molecular flexibility index (Phi) is 6.22. The van der Waals surface area contributed by atoms with Crippen LogP contribution in [0.25, 0.3) is 0 Å². The van der Waals surface area contributed by atoms with Gasteiger partial charge in [0.25, 0.3) is 0 Å². The lowest BCUT2D eigenvalue weighted by Gasteiger charge is -2.27. The first kappa shape index (κ1) is 18.0. The van der Waals surface area contributed by atoms with Gasteiger partial charge in [0, 0.05) is 18.3 Å². The summed E-state index contributed by atoms with van der Waals surface area (Å²) in [6.07, 6.45) is 6.50. The Balaban J connectivity index is 1.97. The van der Waals surface area contributed by atoms with Gasteiger partial charge >= 0.3 is 0 Å². The second kappa shape index (κ2) is 7.95. The van der Waals surface area contributed by atoms with Crippen molar-refractivity contribution in [1.82, 2.24) is 15.1 Å². The van der Waals surface area contributed by atoms with E-state index in [9.17, 15) is 4.79 Å². The number of rotatable bonds is 6. The molecule has 2 rings (SSSR count). The summed E-state index contributed by atoms with van der Waals surface area (Å²) < 4.78 is 7.94. The van der Waals surface area contributed by atoms with Crippen LogP contribution in [0.15, 0.2) is 0 Å². The van der Waals surface area contributed by atoms with Gasteiger partial charge in [-0.25, -0.2) is 0 Å². The van der Waals surface area contributed by atoms with Gasteiger partial charge in [-0.2, -0.15) is 5.10 Å². The van der Waals surface area contributed by atoms with Crippen LogP contribution in [0.4, 0.5) is 0 Å². The molecule has 0 unspecified atom stereocenters. The van der Waals surface area contributed by atoms with Crippen molar-refractivity contribution in [1.29, 1.82) is 0 Å². The van der Waals surface area contributed by atoms with Crippen LogP contribution in [0.2, 0.25) is 0 Å². The molecule has 1 aliphatic rings. The third-order valence-electron chi connectivity index (χ3n) is 4.93. The van der Waals surface area contributed by atoms with Gasteiger partial charge < -0.3 is 10.1 Å². The van der Waals surface area contributed by atoms with Gasteiger partial charge in [-0.3, -0.25) is 9.48 Å². The highest BCUT2D eigenvalue weighted by atomic mass is 16.5. The number of amides is 1. The van der Waals surface area contributed by atoms with Gasteiger partial charge in [-0.05, 0) is 40.0 Å². The minimum Gasteiger partial charge on any atom is -0.365 e. The predicted molar refractivity (Wildman–Crippen MR) is 91.3 cm³/mol. The van der Waals surface area contributed by atoms with Gasteiger partial charge in [0.2, 0.25) is 5.91 Å². The van der Waals surface area contributed by atoms with Crippen LogP contribution < -0.4 is 5.32 Å². The largest absolute Gasteiger partial charge is 0.365 e. The van der Waals surface area contributed by atoms with Crippen molar-refractivity contribution in [3.8, 4) is 0 Å². The summed E-state index contributed by atoms with van der Waals surface area (Å²) >= 11 is 0. The van der Waals surface area contributed by atoms with Crippen LogP contribution in [0.3, 0.4) is 0 Å². The summed E-state index contributed by atoms with van der Waals surface area (Å²) in [5, 5.41) is 7.55. The van der Waals surface area contributed by atoms with Crippen LogP contribution >= 0.6 is 0 Å². The highest BCUT2D eigenvalue weighted by Gasteiger charge is 2.26. The first-order valence-electron chi connectivity index (χ1n) is 8.90. The van der Waals surface area contributed by atoms with Crippen molar-refractivity contribution >= 4 is 5.91 Å². The molecular weight excluding hydrogens is 290 g/mol. The summed E-state index contributed by atoms with van der Waals surface area (Å²) in [6, 6.07) is -0.0554. The lowest BCUT2D eigenvalue weighted by Crippen LogP contribution is -2.40. The average Bonchev–Trinajstić information content (AvgIpc) is 2.78. The fourth-order valence-electron chi connectivity index (χ4n) is 3.57. The van der Waals surface area contributed by atoms with Gasteiger partial charge in [-0.15, -0.1) is 0 Å². The van der Waals surface area contributed by atoms with E-state index in [1.807, 2.05) is 39.4 Å². The van der Waals surface area contributed by atoms with E-state index >= 15 is 0 Å². The molecule has 5 heteroatoms. The Morgan fingerprint density at radius 1 is 1.35 bits per heavy atom. The second-order valence-corrected chi connectivity index (χ2v) is 6.73. The normalized spacial score (nSPS) is 18.7. The number of aromatic nitrogens is 2. The van der Waals surface area contributed by atoms with Crippen LogP contribution in [-0.4, -0.2) is 27.9 Å². The van der Waals surface area contributed by atoms with Gasteiger partial charge in [0.05, 0.1) is 17.8 Å². The number of hydrogen-bond donors (Lipinski definition) is 1. The lowest BCUT2D eigenvalue weighted by atomic mass is 9.97. The van der Waals surface area contributed by atoms with Crippen LogP contribution in [0.1, 0.15) is 75.4 Å². The molecule has 0 bridgehead atoms. The fourth-order valence-corrected chi connectivity index (χ4v) is 3.57. The monoisotopic (exact) mass is 321 g/mol. The first-order valence-corrected chi connectivity index (χ1v) is 8.90. The van der Waals surface area contributed by atoms with E-state index in [-0.39, 0.29) is 24.2 Å². The van der Waals surface area contributed by atoms with Crippen LogP contribution in [0.5, 0.6) is 0 Å². The highest BCUT2D eigenvalue weighted by molar-refractivity contribution is 5.81. The van der Waals surface area contributed by atoms with Gasteiger partial charge in [0.1, 0.15) is 6.10 Å². The maximum atomic E-state index is 12.6. The molecule has 0 radical (unpaired) electrons. The van der Waals surface area contributed by atoms with E-state index in [1.165, 1.54) is 19.3 Å². The van der Waals surface area contributed by atoms with E-state index in [4.69, 9.17) is 4.74 Å². The number of hydrogen-bond acceptors (Lipinski definition) is 3. The topological polar surface area (TPSA) is 56.1 Å². The molecule has 130 valence electrons. The molecule has 1 heterocycles.